The largest absolute Gasteiger partial charge is 2.00 e. The van der Waals surface area contributed by atoms with Gasteiger partial charge >= 0.3 is 16.8 Å². The first-order chi connectivity index (χ1) is 20.0. The molecule has 0 aliphatic heterocycles. The van der Waals surface area contributed by atoms with E-state index in [-0.39, 0.29) is 50.9 Å². The number of hydrazone groups is 2. The van der Waals surface area contributed by atoms with E-state index < -0.39 is 11.8 Å². The Hall–Kier alpha value is -3.21. The molecular weight excluding hydrogens is 867 g/mol. The summed E-state index contributed by atoms with van der Waals surface area (Å²) in [6, 6.07) is 18.6. The third kappa shape index (κ3) is 10.5. The number of rotatable bonds is 6. The first-order valence-corrected chi connectivity index (χ1v) is 14.7. The quantitative estimate of drug-likeness (QED) is 0.147. The van der Waals surface area contributed by atoms with Gasteiger partial charge in [-0.3, -0.25) is 9.59 Å². The smallest absolute Gasteiger partial charge is 0.871 e. The maximum atomic E-state index is 11.8. The Morgan fingerprint density at radius 3 is 1.35 bits per heavy atom. The predicted molar refractivity (Wildman–Crippen MR) is 169 cm³/mol. The van der Waals surface area contributed by atoms with Crippen LogP contribution in [0.25, 0.3) is 0 Å². The van der Waals surface area contributed by atoms with Crippen LogP contribution < -0.4 is 21.1 Å². The van der Waals surface area contributed by atoms with Crippen LogP contribution in [0.15, 0.2) is 101 Å². The summed E-state index contributed by atoms with van der Waals surface area (Å²) in [5, 5.41) is 50.1. The van der Waals surface area contributed by atoms with Crippen molar-refractivity contribution in [1.29, 1.82) is 0 Å². The molecule has 0 saturated heterocycles. The molecule has 4 rings (SSSR count). The number of hydrogen-bond donors (Lipinski definition) is 4. The Bertz CT molecular complexity index is 1560. The monoisotopic (exact) mass is 881 g/mol. The summed E-state index contributed by atoms with van der Waals surface area (Å²) in [6.07, 6.45) is 2.49. The summed E-state index contributed by atoms with van der Waals surface area (Å²) in [7, 11) is 0. The molecule has 2 amide bonds. The van der Waals surface area contributed by atoms with Crippen LogP contribution in [0.3, 0.4) is 0 Å². The van der Waals surface area contributed by atoms with Crippen LogP contribution in [0.5, 0.6) is 23.0 Å². The van der Waals surface area contributed by atoms with Gasteiger partial charge in [-0.2, -0.15) is 10.2 Å². The molecular formula is C28H18Br4CoN4O6. The van der Waals surface area contributed by atoms with Crippen LogP contribution in [0.1, 0.15) is 31.8 Å². The van der Waals surface area contributed by atoms with Crippen molar-refractivity contribution in [1.82, 2.24) is 10.9 Å². The molecule has 0 saturated carbocycles. The Morgan fingerprint density at radius 1 is 0.651 bits per heavy atom. The molecule has 0 spiro atoms. The third-order valence-corrected chi connectivity index (χ3v) is 7.20. The van der Waals surface area contributed by atoms with Crippen molar-refractivity contribution in [2.24, 2.45) is 10.2 Å². The van der Waals surface area contributed by atoms with E-state index in [1.807, 2.05) is 0 Å². The number of halogens is 4. The number of phenols is 2. The summed E-state index contributed by atoms with van der Waals surface area (Å²) in [6.45, 7) is 0. The first kappa shape index (κ1) is 36.0. The second kappa shape index (κ2) is 17.2. The molecule has 0 atom stereocenters. The van der Waals surface area contributed by atoms with Gasteiger partial charge in [-0.1, -0.05) is 99.5 Å². The Morgan fingerprint density at radius 2 is 1.00 bits per heavy atom. The molecule has 223 valence electrons. The number of nitrogens with one attached hydrogen (secondary N) is 2. The van der Waals surface area contributed by atoms with Crippen LogP contribution in [0, 0.1) is 0 Å². The zero-order chi connectivity index (χ0) is 30.8. The minimum absolute atomic E-state index is 0. The Labute approximate surface area is 289 Å². The van der Waals surface area contributed by atoms with Crippen molar-refractivity contribution in [2.45, 2.75) is 0 Å². The van der Waals surface area contributed by atoms with Crippen molar-refractivity contribution < 1.29 is 46.8 Å². The van der Waals surface area contributed by atoms with Gasteiger partial charge in [0.05, 0.1) is 23.6 Å². The van der Waals surface area contributed by atoms with Crippen molar-refractivity contribution in [3.8, 4) is 23.0 Å². The Balaban J connectivity index is 0.000000293. The number of nitrogens with zero attached hydrogens (tertiary/aromatic N) is 2. The summed E-state index contributed by atoms with van der Waals surface area (Å²) in [4.78, 5) is 23.6. The molecule has 4 aromatic carbocycles. The number of benzene rings is 4. The molecule has 43 heavy (non-hydrogen) atoms. The normalized spacial score (nSPS) is 10.5. The number of hydrogen-bond acceptors (Lipinski definition) is 8. The van der Waals surface area contributed by atoms with E-state index in [1.54, 1.807) is 48.5 Å². The van der Waals surface area contributed by atoms with Crippen molar-refractivity contribution in [2.75, 3.05) is 0 Å². The minimum atomic E-state index is -0.564. The summed E-state index contributed by atoms with van der Waals surface area (Å²) in [5.41, 5.74) is 5.35. The molecule has 0 unspecified atom stereocenters. The number of aromatic hydroxyl groups is 2. The van der Waals surface area contributed by atoms with Gasteiger partial charge < -0.3 is 20.4 Å². The van der Waals surface area contributed by atoms with E-state index >= 15 is 0 Å². The molecule has 10 nitrogen and oxygen atoms in total. The van der Waals surface area contributed by atoms with Gasteiger partial charge in [-0.25, -0.2) is 10.9 Å². The molecule has 0 aliphatic carbocycles. The zero-order valence-corrected chi connectivity index (χ0v) is 28.7. The number of carbonyl (C=O) groups excluding carboxylic acids is 2. The Kier molecular flexibility index (Phi) is 14.4. The SMILES string of the molecule is O=C(NN=Cc1cc(Br)cc(Br)c1[O-])c1ccccc1O.O=C(NN=Cc1cc(Br)cc(Br)c1[O-])c1ccccc1O.[Co+2]. The van der Waals surface area contributed by atoms with E-state index in [4.69, 9.17) is 0 Å². The topological polar surface area (TPSA) is 169 Å². The van der Waals surface area contributed by atoms with Crippen molar-refractivity contribution in [3.05, 3.63) is 113 Å². The van der Waals surface area contributed by atoms with Gasteiger partial charge in [0.2, 0.25) is 0 Å². The molecule has 0 bridgehead atoms. The van der Waals surface area contributed by atoms with Gasteiger partial charge in [0, 0.05) is 17.9 Å². The summed E-state index contributed by atoms with van der Waals surface area (Å²) < 4.78 is 2.21. The number of para-hydroxylation sites is 2. The molecule has 0 aliphatic rings. The third-order valence-electron chi connectivity index (χ3n) is 5.11. The predicted octanol–water partition coefficient (Wildman–Crippen LogP) is 5.51. The number of amides is 2. The van der Waals surface area contributed by atoms with E-state index in [0.29, 0.717) is 29.0 Å². The summed E-state index contributed by atoms with van der Waals surface area (Å²) >= 11 is 12.8. The molecule has 0 aromatic heterocycles. The minimum Gasteiger partial charge on any atom is -0.871 e. The first-order valence-electron chi connectivity index (χ1n) is 11.5. The fourth-order valence-electron chi connectivity index (χ4n) is 3.12. The second-order valence-electron chi connectivity index (χ2n) is 8.04. The van der Waals surface area contributed by atoms with E-state index in [2.05, 4.69) is 84.8 Å². The average Bonchev–Trinajstić information content (AvgIpc) is 2.94. The van der Waals surface area contributed by atoms with Crippen LogP contribution in [0.4, 0.5) is 0 Å². The number of carbonyl (C=O) groups is 2. The summed E-state index contributed by atoms with van der Waals surface area (Å²) in [5.74, 6) is -1.88. The van der Waals surface area contributed by atoms with E-state index in [1.165, 1.54) is 36.7 Å². The maximum absolute atomic E-state index is 11.8. The van der Waals surface area contributed by atoms with Crippen LogP contribution in [-0.4, -0.2) is 34.5 Å². The zero-order valence-electron chi connectivity index (χ0n) is 21.3. The number of phenolic OH excluding ortho intramolecular Hbond substituents is 2. The average molecular weight is 885 g/mol. The molecule has 4 aromatic rings. The van der Waals surface area contributed by atoms with Gasteiger partial charge in [0.25, 0.3) is 11.8 Å². The molecule has 1 radical (unpaired) electrons. The van der Waals surface area contributed by atoms with Crippen LogP contribution >= 0.6 is 63.7 Å². The van der Waals surface area contributed by atoms with E-state index in [9.17, 15) is 30.0 Å². The van der Waals surface area contributed by atoms with E-state index in [0.717, 1.165) is 0 Å². The molecule has 0 fully saturated rings. The van der Waals surface area contributed by atoms with Crippen LogP contribution in [-0.2, 0) is 16.8 Å². The molecule has 15 heteroatoms. The van der Waals surface area contributed by atoms with Crippen molar-refractivity contribution in [3.63, 3.8) is 0 Å². The standard InChI is InChI=1S/2C14H10Br2N2O3.Co/c2*15-9-5-8(13(20)11(16)6-9)7-17-18-14(21)10-3-1-2-4-12(10)19;/h2*1-7,19-20H,(H,18,21);/q;;+2/p-2. The van der Waals surface area contributed by atoms with Crippen molar-refractivity contribution >= 4 is 88.0 Å². The van der Waals surface area contributed by atoms with Crippen LogP contribution in [0.2, 0.25) is 0 Å². The maximum Gasteiger partial charge on any atom is 2.00 e. The van der Waals surface area contributed by atoms with Gasteiger partial charge in [-0.05, 0) is 59.7 Å². The van der Waals surface area contributed by atoms with Gasteiger partial charge in [0.15, 0.2) is 0 Å². The fourth-order valence-corrected chi connectivity index (χ4v) is 5.64. The van der Waals surface area contributed by atoms with Gasteiger partial charge in [0.1, 0.15) is 11.5 Å². The van der Waals surface area contributed by atoms with Gasteiger partial charge in [-0.15, -0.1) is 0 Å². The molecule has 4 N–H and O–H groups in total. The fraction of sp³-hybridized carbons (Fsp3) is 0. The molecule has 0 heterocycles. The second-order valence-corrected chi connectivity index (χ2v) is 11.6.